The molecule has 0 aromatic heterocycles. The first-order valence-electron chi connectivity index (χ1n) is 9.43. The summed E-state index contributed by atoms with van der Waals surface area (Å²) in [6, 6.07) is 12.3. The normalized spacial score (nSPS) is 13.0. The third-order valence-electron chi connectivity index (χ3n) is 4.46. The van der Waals surface area contributed by atoms with Crippen LogP contribution < -0.4 is 10.6 Å². The summed E-state index contributed by atoms with van der Waals surface area (Å²) < 4.78 is 4.87. The molecule has 28 heavy (non-hydrogen) atoms. The van der Waals surface area contributed by atoms with Crippen molar-refractivity contribution in [3.05, 3.63) is 48.0 Å². The molecule has 2 rings (SSSR count). The number of methoxy groups -OCH3 is 1. The quantitative estimate of drug-likeness (QED) is 0.685. The van der Waals surface area contributed by atoms with Gasteiger partial charge in [0.15, 0.2) is 0 Å². The van der Waals surface area contributed by atoms with Gasteiger partial charge in [-0.3, -0.25) is 9.59 Å². The van der Waals surface area contributed by atoms with E-state index in [1.165, 1.54) is 14.0 Å². The van der Waals surface area contributed by atoms with Crippen LogP contribution in [0.2, 0.25) is 0 Å². The molecule has 0 radical (unpaired) electrons. The molecule has 2 atom stereocenters. The Morgan fingerprint density at radius 3 is 2.25 bits per heavy atom. The highest BCUT2D eigenvalue weighted by Gasteiger charge is 2.27. The van der Waals surface area contributed by atoms with Crippen LogP contribution in [0.4, 0.5) is 0 Å². The van der Waals surface area contributed by atoms with Crippen LogP contribution in [-0.2, 0) is 25.5 Å². The number of hydrogen-bond acceptors (Lipinski definition) is 4. The molecule has 0 aliphatic carbocycles. The van der Waals surface area contributed by atoms with Gasteiger partial charge in [0.25, 0.3) is 0 Å². The lowest BCUT2D eigenvalue weighted by atomic mass is 10.00. The Morgan fingerprint density at radius 2 is 1.64 bits per heavy atom. The van der Waals surface area contributed by atoms with Crippen molar-refractivity contribution in [2.75, 3.05) is 7.11 Å². The van der Waals surface area contributed by atoms with Crippen LogP contribution >= 0.6 is 0 Å². The van der Waals surface area contributed by atoms with Gasteiger partial charge in [-0.05, 0) is 28.7 Å². The molecule has 2 aromatic carbocycles. The molecule has 0 aliphatic heterocycles. The predicted molar refractivity (Wildman–Crippen MR) is 109 cm³/mol. The first-order valence-corrected chi connectivity index (χ1v) is 9.43. The fraction of sp³-hybridized carbons (Fsp3) is 0.409. The van der Waals surface area contributed by atoms with Gasteiger partial charge in [-0.2, -0.15) is 0 Å². The minimum absolute atomic E-state index is 0.208. The molecular weight excluding hydrogens is 356 g/mol. The molecule has 0 unspecified atom stereocenters. The molecule has 6 nitrogen and oxygen atoms in total. The fourth-order valence-corrected chi connectivity index (χ4v) is 3.16. The fourth-order valence-electron chi connectivity index (χ4n) is 3.16. The van der Waals surface area contributed by atoms with E-state index in [4.69, 9.17) is 4.74 Å². The maximum absolute atomic E-state index is 12.7. The van der Waals surface area contributed by atoms with Crippen molar-refractivity contribution in [2.45, 2.75) is 45.7 Å². The Morgan fingerprint density at radius 1 is 0.964 bits per heavy atom. The van der Waals surface area contributed by atoms with Gasteiger partial charge in [-0.25, -0.2) is 4.79 Å². The monoisotopic (exact) mass is 384 g/mol. The number of benzene rings is 2. The SMILES string of the molecule is COC(=O)[C@@H](Cc1ccc2ccccc2c1)NC(=O)[C@H](CC(C)C)NC(C)=O. The van der Waals surface area contributed by atoms with Gasteiger partial charge >= 0.3 is 5.97 Å². The van der Waals surface area contributed by atoms with Gasteiger partial charge in [0.05, 0.1) is 7.11 Å². The third kappa shape index (κ3) is 6.08. The highest BCUT2D eigenvalue weighted by molar-refractivity contribution is 5.90. The average molecular weight is 384 g/mol. The van der Waals surface area contributed by atoms with E-state index in [1.54, 1.807) is 0 Å². The van der Waals surface area contributed by atoms with Gasteiger partial charge in [0.1, 0.15) is 12.1 Å². The number of fused-ring (bicyclic) bond motifs is 1. The maximum Gasteiger partial charge on any atom is 0.328 e. The predicted octanol–water partition coefficient (Wildman–Crippen LogP) is 2.59. The summed E-state index contributed by atoms with van der Waals surface area (Å²) in [5.41, 5.74) is 0.911. The molecule has 0 heterocycles. The minimum atomic E-state index is -0.831. The largest absolute Gasteiger partial charge is 0.467 e. The molecule has 0 spiro atoms. The highest BCUT2D eigenvalue weighted by atomic mass is 16.5. The van der Waals surface area contributed by atoms with E-state index in [2.05, 4.69) is 10.6 Å². The Labute approximate surface area is 165 Å². The second-order valence-corrected chi connectivity index (χ2v) is 7.35. The maximum atomic E-state index is 12.7. The van der Waals surface area contributed by atoms with Crippen LogP contribution in [0.25, 0.3) is 10.8 Å². The van der Waals surface area contributed by atoms with Crippen molar-refractivity contribution in [1.29, 1.82) is 0 Å². The van der Waals surface area contributed by atoms with Crippen LogP contribution in [0.15, 0.2) is 42.5 Å². The van der Waals surface area contributed by atoms with Crippen LogP contribution in [0.3, 0.4) is 0 Å². The zero-order chi connectivity index (χ0) is 20.7. The molecule has 2 amide bonds. The van der Waals surface area contributed by atoms with Crippen molar-refractivity contribution in [3.63, 3.8) is 0 Å². The van der Waals surface area contributed by atoms with Crippen molar-refractivity contribution < 1.29 is 19.1 Å². The molecule has 6 heteroatoms. The van der Waals surface area contributed by atoms with E-state index >= 15 is 0 Å². The van der Waals surface area contributed by atoms with E-state index in [0.29, 0.717) is 12.8 Å². The summed E-state index contributed by atoms with van der Waals surface area (Å²) in [7, 11) is 1.29. The van der Waals surface area contributed by atoms with Gasteiger partial charge in [0.2, 0.25) is 11.8 Å². The summed E-state index contributed by atoms with van der Waals surface area (Å²) in [5, 5.41) is 7.57. The van der Waals surface area contributed by atoms with Crippen molar-refractivity contribution in [2.24, 2.45) is 5.92 Å². The topological polar surface area (TPSA) is 84.5 Å². The second kappa shape index (κ2) is 9.88. The van der Waals surface area contributed by atoms with E-state index in [9.17, 15) is 14.4 Å². The van der Waals surface area contributed by atoms with Crippen molar-refractivity contribution in [1.82, 2.24) is 10.6 Å². The number of hydrogen-bond donors (Lipinski definition) is 2. The van der Waals surface area contributed by atoms with E-state index in [-0.39, 0.29) is 17.7 Å². The summed E-state index contributed by atoms with van der Waals surface area (Å²) in [5.74, 6) is -0.989. The molecule has 0 bridgehead atoms. The van der Waals surface area contributed by atoms with Gasteiger partial charge in [-0.15, -0.1) is 0 Å². The standard InChI is InChI=1S/C22H28N2O4/c1-14(2)11-19(23-15(3)25)21(26)24-20(22(27)28-4)13-16-9-10-17-7-5-6-8-18(17)12-16/h5-10,12,14,19-20H,11,13H2,1-4H3,(H,23,25)(H,24,26)/t19-,20+/m0/s1. The van der Waals surface area contributed by atoms with Crippen LogP contribution in [0, 0.1) is 5.92 Å². The van der Waals surface area contributed by atoms with Crippen molar-refractivity contribution >= 4 is 28.6 Å². The molecule has 0 aliphatic rings. The number of ether oxygens (including phenoxy) is 1. The lowest BCUT2D eigenvalue weighted by Crippen LogP contribution is -2.52. The first-order chi connectivity index (χ1) is 13.3. The highest BCUT2D eigenvalue weighted by Crippen LogP contribution is 2.17. The van der Waals surface area contributed by atoms with Crippen LogP contribution in [-0.4, -0.2) is 37.0 Å². The molecule has 0 fully saturated rings. The van der Waals surface area contributed by atoms with Crippen molar-refractivity contribution in [3.8, 4) is 0 Å². The van der Waals surface area contributed by atoms with E-state index in [0.717, 1.165) is 16.3 Å². The summed E-state index contributed by atoms with van der Waals surface area (Å²) in [6.07, 6.45) is 0.785. The average Bonchev–Trinajstić information content (AvgIpc) is 2.65. The number of carbonyl (C=O) groups is 3. The lowest BCUT2D eigenvalue weighted by molar-refractivity contribution is -0.145. The number of rotatable bonds is 8. The molecular formula is C22H28N2O4. The van der Waals surface area contributed by atoms with Gasteiger partial charge in [-0.1, -0.05) is 56.3 Å². The molecule has 2 aromatic rings. The van der Waals surface area contributed by atoms with E-state index < -0.39 is 18.1 Å². The first kappa shape index (κ1) is 21.4. The van der Waals surface area contributed by atoms with E-state index in [1.807, 2.05) is 56.3 Å². The summed E-state index contributed by atoms with van der Waals surface area (Å²) >= 11 is 0. The minimum Gasteiger partial charge on any atom is -0.467 e. The Bertz CT molecular complexity index is 847. The number of carbonyl (C=O) groups excluding carboxylic acids is 3. The number of nitrogens with one attached hydrogen (secondary N) is 2. The summed E-state index contributed by atoms with van der Waals surface area (Å²) in [6.45, 7) is 5.30. The molecule has 0 saturated carbocycles. The Balaban J connectivity index is 2.18. The zero-order valence-electron chi connectivity index (χ0n) is 16.8. The Hall–Kier alpha value is -2.89. The number of amides is 2. The number of esters is 1. The summed E-state index contributed by atoms with van der Waals surface area (Å²) in [4.78, 5) is 36.4. The molecule has 150 valence electrons. The molecule has 0 saturated heterocycles. The lowest BCUT2D eigenvalue weighted by Gasteiger charge is -2.23. The zero-order valence-corrected chi connectivity index (χ0v) is 16.8. The third-order valence-corrected chi connectivity index (χ3v) is 4.46. The van der Waals surface area contributed by atoms with Crippen LogP contribution in [0.5, 0.6) is 0 Å². The van der Waals surface area contributed by atoms with Crippen LogP contribution in [0.1, 0.15) is 32.8 Å². The van der Waals surface area contributed by atoms with Gasteiger partial charge < -0.3 is 15.4 Å². The second-order valence-electron chi connectivity index (χ2n) is 7.35. The Kier molecular flexibility index (Phi) is 7.55. The van der Waals surface area contributed by atoms with Gasteiger partial charge in [0, 0.05) is 13.3 Å². The molecule has 2 N–H and O–H groups in total. The smallest absolute Gasteiger partial charge is 0.328 e.